The Balaban J connectivity index is 1.31. The second-order valence-electron chi connectivity index (χ2n) is 12.0. The van der Waals surface area contributed by atoms with Crippen LogP contribution in [0.15, 0.2) is 164 Å². The van der Waals surface area contributed by atoms with E-state index in [1.54, 1.807) is 29.2 Å². The number of halogens is 1. The number of carbonyl (C=O) groups excluding carboxylic acids is 2. The number of nitrogens with one attached hydrogen (secondary N) is 1. The Hall–Kier alpha value is -6.47. The third-order valence-corrected chi connectivity index (χ3v) is 8.71. The second-order valence-corrected chi connectivity index (χ2v) is 12.0. The number of benzene rings is 6. The van der Waals surface area contributed by atoms with Crippen LogP contribution in [0, 0.1) is 5.82 Å². The van der Waals surface area contributed by atoms with Gasteiger partial charge in [-0.25, -0.2) is 9.18 Å². The van der Waals surface area contributed by atoms with Crippen molar-refractivity contribution in [3.05, 3.63) is 186 Å². The second kappa shape index (κ2) is 14.3. The van der Waals surface area contributed by atoms with Gasteiger partial charge in [-0.3, -0.25) is 9.69 Å². The highest BCUT2D eigenvalue weighted by Crippen LogP contribution is 2.42. The van der Waals surface area contributed by atoms with Crippen molar-refractivity contribution in [2.24, 2.45) is 0 Å². The van der Waals surface area contributed by atoms with Gasteiger partial charge in [0.1, 0.15) is 23.9 Å². The molecule has 0 unspecified atom stereocenters. The molecule has 0 saturated carbocycles. The van der Waals surface area contributed by atoms with Crippen molar-refractivity contribution in [2.75, 3.05) is 4.90 Å². The number of amides is 2. The van der Waals surface area contributed by atoms with E-state index in [1.165, 1.54) is 30.3 Å². The standard InChI is InChI=1S/C43H33FN2O4/c44-35-19-14-32(15-20-35)40(48)25-24-39-42(46(43(49)45-39)36-21-16-31(17-22-36)30-10-5-2-6-11-30)38-23-18-34(33-12-7-13-37(47)26-33)27-41(38)50-28-29-8-3-1-4-9-29/h1-27,39,42,47H,28H2,(H,45,49)/b25-24+/t39-,42+/m0/s1. The van der Waals surface area contributed by atoms with Crippen LogP contribution in [-0.2, 0) is 6.61 Å². The fourth-order valence-electron chi connectivity index (χ4n) is 6.19. The first-order chi connectivity index (χ1) is 24.4. The van der Waals surface area contributed by atoms with E-state index in [4.69, 9.17) is 4.74 Å². The number of allylic oxidation sites excluding steroid dienone is 1. The molecule has 2 N–H and O–H groups in total. The van der Waals surface area contributed by atoms with Crippen LogP contribution >= 0.6 is 0 Å². The number of urea groups is 1. The lowest BCUT2D eigenvalue weighted by Crippen LogP contribution is -2.29. The number of carbonyl (C=O) groups is 2. The van der Waals surface area contributed by atoms with Gasteiger partial charge in [0, 0.05) is 16.8 Å². The number of hydrogen-bond acceptors (Lipinski definition) is 4. The number of ether oxygens (including phenoxy) is 1. The summed E-state index contributed by atoms with van der Waals surface area (Å²) in [6, 6.07) is 44.1. The molecule has 7 heteroatoms. The molecular weight excluding hydrogens is 627 g/mol. The fourth-order valence-corrected chi connectivity index (χ4v) is 6.19. The summed E-state index contributed by atoms with van der Waals surface area (Å²) in [4.78, 5) is 28.7. The zero-order chi connectivity index (χ0) is 34.5. The first kappa shape index (κ1) is 32.1. The lowest BCUT2D eigenvalue weighted by Gasteiger charge is -2.28. The van der Waals surface area contributed by atoms with Gasteiger partial charge in [-0.05, 0) is 88.5 Å². The minimum Gasteiger partial charge on any atom is -0.508 e. The Morgan fingerprint density at radius 1 is 0.740 bits per heavy atom. The highest BCUT2D eigenvalue weighted by molar-refractivity contribution is 6.05. The molecule has 1 aliphatic rings. The van der Waals surface area contributed by atoms with E-state index in [2.05, 4.69) is 5.32 Å². The third-order valence-electron chi connectivity index (χ3n) is 8.71. The largest absolute Gasteiger partial charge is 0.508 e. The molecule has 6 nitrogen and oxygen atoms in total. The minimum atomic E-state index is -0.633. The number of phenolic OH excluding ortho intramolecular Hbond substituents is 1. The number of aromatic hydroxyl groups is 1. The van der Waals surface area contributed by atoms with E-state index in [-0.39, 0.29) is 24.2 Å². The zero-order valence-corrected chi connectivity index (χ0v) is 26.9. The van der Waals surface area contributed by atoms with E-state index in [1.807, 2.05) is 109 Å². The van der Waals surface area contributed by atoms with Crippen LogP contribution in [0.2, 0.25) is 0 Å². The number of anilines is 1. The summed E-state index contributed by atoms with van der Waals surface area (Å²) in [5, 5.41) is 13.3. The number of ketones is 1. The van der Waals surface area contributed by atoms with Gasteiger partial charge in [-0.2, -0.15) is 0 Å². The highest BCUT2D eigenvalue weighted by atomic mass is 19.1. The van der Waals surface area contributed by atoms with Crippen LogP contribution < -0.4 is 15.0 Å². The molecule has 1 saturated heterocycles. The van der Waals surface area contributed by atoms with Crippen LogP contribution in [0.5, 0.6) is 11.5 Å². The summed E-state index contributed by atoms with van der Waals surface area (Å²) >= 11 is 0. The van der Waals surface area contributed by atoms with Gasteiger partial charge < -0.3 is 15.2 Å². The lowest BCUT2D eigenvalue weighted by molar-refractivity contribution is 0.104. The average molecular weight is 661 g/mol. The maximum absolute atomic E-state index is 13.9. The summed E-state index contributed by atoms with van der Waals surface area (Å²) in [6.07, 6.45) is 3.09. The van der Waals surface area contributed by atoms with Gasteiger partial charge in [-0.1, -0.05) is 103 Å². The first-order valence-electron chi connectivity index (χ1n) is 16.3. The number of phenols is 1. The molecule has 246 valence electrons. The molecule has 1 heterocycles. The topological polar surface area (TPSA) is 78.9 Å². The van der Waals surface area contributed by atoms with Crippen molar-refractivity contribution in [3.8, 4) is 33.8 Å². The van der Waals surface area contributed by atoms with Crippen LogP contribution in [0.1, 0.15) is 27.5 Å². The predicted octanol–water partition coefficient (Wildman–Crippen LogP) is 9.52. The molecule has 0 radical (unpaired) electrons. The van der Waals surface area contributed by atoms with Crippen molar-refractivity contribution in [2.45, 2.75) is 18.7 Å². The smallest absolute Gasteiger partial charge is 0.323 e. The van der Waals surface area contributed by atoms with Crippen molar-refractivity contribution in [3.63, 3.8) is 0 Å². The first-order valence-corrected chi connectivity index (χ1v) is 16.3. The Labute approximate surface area is 289 Å². The zero-order valence-electron chi connectivity index (χ0n) is 26.9. The molecule has 6 aromatic rings. The monoisotopic (exact) mass is 660 g/mol. The van der Waals surface area contributed by atoms with E-state index in [0.29, 0.717) is 17.0 Å². The Bertz CT molecular complexity index is 2150. The van der Waals surface area contributed by atoms with E-state index in [0.717, 1.165) is 33.4 Å². The number of hydrogen-bond donors (Lipinski definition) is 2. The van der Waals surface area contributed by atoms with Gasteiger partial charge in [0.05, 0.1) is 12.1 Å². The number of nitrogens with zero attached hydrogens (tertiary/aromatic N) is 1. The Kier molecular flexibility index (Phi) is 9.20. The van der Waals surface area contributed by atoms with Gasteiger partial charge >= 0.3 is 6.03 Å². The molecule has 1 aliphatic heterocycles. The summed E-state index contributed by atoms with van der Waals surface area (Å²) in [5.74, 6) is -0.0568. The Morgan fingerprint density at radius 2 is 1.38 bits per heavy atom. The van der Waals surface area contributed by atoms with Crippen molar-refractivity contribution in [1.29, 1.82) is 0 Å². The quantitative estimate of drug-likeness (QED) is 0.113. The summed E-state index contributed by atoms with van der Waals surface area (Å²) in [5.41, 5.74) is 6.38. The maximum Gasteiger partial charge on any atom is 0.323 e. The van der Waals surface area contributed by atoms with Crippen LogP contribution in [-0.4, -0.2) is 23.0 Å². The SMILES string of the molecule is O=C(/C=C/[C@@H]1NC(=O)N(c2ccc(-c3ccccc3)cc2)[C@@H]1c1ccc(-c2cccc(O)c2)cc1OCc1ccccc1)c1ccc(F)cc1. The van der Waals surface area contributed by atoms with E-state index in [9.17, 15) is 19.1 Å². The molecule has 7 rings (SSSR count). The van der Waals surface area contributed by atoms with E-state index < -0.39 is 17.9 Å². The minimum absolute atomic E-state index is 0.144. The molecule has 50 heavy (non-hydrogen) atoms. The van der Waals surface area contributed by atoms with Crippen LogP contribution in [0.25, 0.3) is 22.3 Å². The average Bonchev–Trinajstić information content (AvgIpc) is 3.49. The van der Waals surface area contributed by atoms with Crippen molar-refractivity contribution in [1.82, 2.24) is 5.32 Å². The van der Waals surface area contributed by atoms with E-state index >= 15 is 0 Å². The molecule has 0 aliphatic carbocycles. The third kappa shape index (κ3) is 7.03. The maximum atomic E-state index is 13.9. The summed E-state index contributed by atoms with van der Waals surface area (Å²) in [6.45, 7) is 0.279. The van der Waals surface area contributed by atoms with Crippen LogP contribution in [0.4, 0.5) is 14.9 Å². The van der Waals surface area contributed by atoms with Crippen molar-refractivity contribution >= 4 is 17.5 Å². The molecular formula is C43H33FN2O4. The molecule has 6 aromatic carbocycles. The summed E-state index contributed by atoms with van der Waals surface area (Å²) in [7, 11) is 0. The number of rotatable bonds is 10. The van der Waals surface area contributed by atoms with Crippen LogP contribution in [0.3, 0.4) is 0 Å². The van der Waals surface area contributed by atoms with Gasteiger partial charge in [-0.15, -0.1) is 0 Å². The van der Waals surface area contributed by atoms with Gasteiger partial charge in [0.15, 0.2) is 5.78 Å². The molecule has 1 fully saturated rings. The fraction of sp³-hybridized carbons (Fsp3) is 0.0698. The molecule has 0 aromatic heterocycles. The van der Waals surface area contributed by atoms with Crippen molar-refractivity contribution < 1.29 is 23.8 Å². The highest BCUT2D eigenvalue weighted by Gasteiger charge is 2.41. The molecule has 2 atom stereocenters. The molecule has 0 spiro atoms. The Morgan fingerprint density at radius 3 is 2.10 bits per heavy atom. The predicted molar refractivity (Wildman–Crippen MR) is 194 cm³/mol. The summed E-state index contributed by atoms with van der Waals surface area (Å²) < 4.78 is 20.1. The van der Waals surface area contributed by atoms with Gasteiger partial charge in [0.2, 0.25) is 0 Å². The normalized spacial score (nSPS) is 15.6. The molecule has 2 amide bonds. The molecule has 0 bridgehead atoms. The lowest BCUT2D eigenvalue weighted by atomic mass is 9.94. The van der Waals surface area contributed by atoms with Gasteiger partial charge in [0.25, 0.3) is 0 Å².